The third-order valence-electron chi connectivity index (χ3n) is 4.36. The lowest BCUT2D eigenvalue weighted by molar-refractivity contribution is -0.128. The zero-order chi connectivity index (χ0) is 19.1. The second kappa shape index (κ2) is 9.08. The minimum atomic E-state index is -0.536. The molecule has 1 amide bonds. The molecule has 3 rings (SSSR count). The predicted molar refractivity (Wildman–Crippen MR) is 108 cm³/mol. The van der Waals surface area contributed by atoms with Gasteiger partial charge in [-0.1, -0.05) is 55.5 Å². The Kier molecular flexibility index (Phi) is 6.31. The molecule has 1 N–H and O–H groups in total. The summed E-state index contributed by atoms with van der Waals surface area (Å²) in [5, 5.41) is 5.07. The van der Waals surface area contributed by atoms with Crippen molar-refractivity contribution in [1.82, 2.24) is 5.32 Å². The van der Waals surface area contributed by atoms with E-state index >= 15 is 0 Å². The number of rotatable bonds is 8. The first-order chi connectivity index (χ1) is 13.2. The molecule has 0 bridgehead atoms. The van der Waals surface area contributed by atoms with Crippen molar-refractivity contribution in [1.29, 1.82) is 0 Å². The molecule has 0 saturated heterocycles. The Labute approximate surface area is 160 Å². The molecule has 4 heteroatoms. The topological polar surface area (TPSA) is 47.6 Å². The average molecular weight is 363 g/mol. The van der Waals surface area contributed by atoms with E-state index in [1.165, 1.54) is 0 Å². The molecule has 4 nitrogen and oxygen atoms in total. The third kappa shape index (κ3) is 4.79. The summed E-state index contributed by atoms with van der Waals surface area (Å²) in [5.74, 6) is 1.42. The van der Waals surface area contributed by atoms with Crippen molar-refractivity contribution < 1.29 is 14.3 Å². The van der Waals surface area contributed by atoms with Crippen molar-refractivity contribution >= 4 is 16.7 Å². The molecule has 0 aliphatic heterocycles. The second-order valence-corrected chi connectivity index (χ2v) is 6.29. The van der Waals surface area contributed by atoms with E-state index in [4.69, 9.17) is 9.47 Å². The van der Waals surface area contributed by atoms with Crippen LogP contribution in [0.25, 0.3) is 10.8 Å². The summed E-state index contributed by atoms with van der Waals surface area (Å²) >= 11 is 0. The van der Waals surface area contributed by atoms with E-state index in [0.717, 1.165) is 27.8 Å². The summed E-state index contributed by atoms with van der Waals surface area (Å²) in [4.78, 5) is 12.6. The number of nitrogens with one attached hydrogen (secondary N) is 1. The van der Waals surface area contributed by atoms with Gasteiger partial charge >= 0.3 is 0 Å². The Bertz CT molecular complexity index is 902. The lowest BCUT2D eigenvalue weighted by Crippen LogP contribution is -2.37. The summed E-state index contributed by atoms with van der Waals surface area (Å²) < 4.78 is 11.6. The molecule has 0 saturated carbocycles. The lowest BCUT2D eigenvalue weighted by atomic mass is 10.1. The SMILES string of the molecule is CCOc1cccc(CNC(=O)[C@H](CC)Oc2cccc3ccccc23)c1. The van der Waals surface area contributed by atoms with Gasteiger partial charge in [0.15, 0.2) is 6.10 Å². The van der Waals surface area contributed by atoms with Gasteiger partial charge in [0.25, 0.3) is 5.91 Å². The van der Waals surface area contributed by atoms with Gasteiger partial charge in [-0.05, 0) is 42.5 Å². The van der Waals surface area contributed by atoms with Gasteiger partial charge in [-0.15, -0.1) is 0 Å². The largest absolute Gasteiger partial charge is 0.494 e. The van der Waals surface area contributed by atoms with Gasteiger partial charge in [0, 0.05) is 11.9 Å². The van der Waals surface area contributed by atoms with Gasteiger partial charge in [-0.2, -0.15) is 0 Å². The number of fused-ring (bicyclic) bond motifs is 1. The van der Waals surface area contributed by atoms with Crippen molar-refractivity contribution in [3.8, 4) is 11.5 Å². The first-order valence-electron chi connectivity index (χ1n) is 9.35. The van der Waals surface area contributed by atoms with E-state index in [0.29, 0.717) is 19.6 Å². The van der Waals surface area contributed by atoms with E-state index < -0.39 is 6.10 Å². The van der Waals surface area contributed by atoms with Gasteiger partial charge in [0.1, 0.15) is 11.5 Å². The third-order valence-corrected chi connectivity index (χ3v) is 4.36. The molecular weight excluding hydrogens is 338 g/mol. The van der Waals surface area contributed by atoms with Crippen LogP contribution < -0.4 is 14.8 Å². The summed E-state index contributed by atoms with van der Waals surface area (Å²) in [6, 6.07) is 21.6. The van der Waals surface area contributed by atoms with E-state index in [-0.39, 0.29) is 5.91 Å². The number of carbonyl (C=O) groups excluding carboxylic acids is 1. The molecular formula is C23H25NO3. The fraction of sp³-hybridized carbons (Fsp3) is 0.261. The lowest BCUT2D eigenvalue weighted by Gasteiger charge is -2.18. The highest BCUT2D eigenvalue weighted by Gasteiger charge is 2.19. The van der Waals surface area contributed by atoms with Crippen LogP contribution in [0.2, 0.25) is 0 Å². The highest BCUT2D eigenvalue weighted by molar-refractivity contribution is 5.89. The molecule has 0 heterocycles. The Morgan fingerprint density at radius 2 is 1.78 bits per heavy atom. The smallest absolute Gasteiger partial charge is 0.261 e. The average Bonchev–Trinajstić information content (AvgIpc) is 2.71. The standard InChI is InChI=1S/C23H25NO3/c1-3-21(27-22-14-8-11-18-10-5-6-13-20(18)22)23(25)24-16-17-9-7-12-19(15-17)26-4-2/h5-15,21H,3-4,16H2,1-2H3,(H,24,25)/t21-/m0/s1. The molecule has 3 aromatic carbocycles. The molecule has 0 radical (unpaired) electrons. The minimum Gasteiger partial charge on any atom is -0.494 e. The van der Waals surface area contributed by atoms with Gasteiger partial charge in [-0.3, -0.25) is 4.79 Å². The minimum absolute atomic E-state index is 0.118. The monoisotopic (exact) mass is 363 g/mol. The maximum absolute atomic E-state index is 12.6. The number of ether oxygens (including phenoxy) is 2. The summed E-state index contributed by atoms with van der Waals surface area (Å²) in [6.07, 6.45) is 0.0551. The molecule has 0 aliphatic rings. The number of hydrogen-bond acceptors (Lipinski definition) is 3. The van der Waals surface area contributed by atoms with Crippen LogP contribution in [0.15, 0.2) is 66.7 Å². The van der Waals surface area contributed by atoms with Gasteiger partial charge < -0.3 is 14.8 Å². The predicted octanol–water partition coefficient (Wildman–Crippen LogP) is 4.71. The normalized spacial score (nSPS) is 11.8. The molecule has 140 valence electrons. The number of hydrogen-bond donors (Lipinski definition) is 1. The van der Waals surface area contributed by atoms with Crippen molar-refractivity contribution in [2.75, 3.05) is 6.61 Å². The van der Waals surface area contributed by atoms with E-state index in [9.17, 15) is 4.79 Å². The van der Waals surface area contributed by atoms with Gasteiger partial charge in [0.05, 0.1) is 6.61 Å². The number of carbonyl (C=O) groups is 1. The highest BCUT2D eigenvalue weighted by atomic mass is 16.5. The van der Waals surface area contributed by atoms with E-state index in [2.05, 4.69) is 5.32 Å². The maximum atomic E-state index is 12.6. The van der Waals surface area contributed by atoms with E-state index in [1.54, 1.807) is 0 Å². The van der Waals surface area contributed by atoms with Gasteiger partial charge in [0.2, 0.25) is 0 Å². The van der Waals surface area contributed by atoms with Crippen molar-refractivity contribution in [2.24, 2.45) is 0 Å². The van der Waals surface area contributed by atoms with Crippen LogP contribution in [-0.2, 0) is 11.3 Å². The molecule has 27 heavy (non-hydrogen) atoms. The Morgan fingerprint density at radius 3 is 2.59 bits per heavy atom. The number of amides is 1. The summed E-state index contributed by atoms with van der Waals surface area (Å²) in [7, 11) is 0. The van der Waals surface area contributed by atoms with Crippen LogP contribution in [0.5, 0.6) is 11.5 Å². The first-order valence-corrected chi connectivity index (χ1v) is 9.35. The summed E-state index contributed by atoms with van der Waals surface area (Å²) in [6.45, 7) is 4.96. The Morgan fingerprint density at radius 1 is 1.00 bits per heavy atom. The fourth-order valence-electron chi connectivity index (χ4n) is 2.99. The Hall–Kier alpha value is -3.01. The zero-order valence-electron chi connectivity index (χ0n) is 15.8. The zero-order valence-corrected chi connectivity index (χ0v) is 15.8. The van der Waals surface area contributed by atoms with Crippen LogP contribution in [0.4, 0.5) is 0 Å². The molecule has 0 spiro atoms. The van der Waals surface area contributed by atoms with Crippen LogP contribution in [-0.4, -0.2) is 18.6 Å². The second-order valence-electron chi connectivity index (χ2n) is 6.29. The summed E-state index contributed by atoms with van der Waals surface area (Å²) in [5.41, 5.74) is 0.995. The quantitative estimate of drug-likeness (QED) is 0.630. The molecule has 0 aromatic heterocycles. The van der Waals surface area contributed by atoms with Crippen LogP contribution in [0, 0.1) is 0 Å². The molecule has 1 atom stereocenters. The molecule has 3 aromatic rings. The Balaban J connectivity index is 1.66. The van der Waals surface area contributed by atoms with Crippen molar-refractivity contribution in [3.05, 3.63) is 72.3 Å². The van der Waals surface area contributed by atoms with Crippen LogP contribution >= 0.6 is 0 Å². The van der Waals surface area contributed by atoms with E-state index in [1.807, 2.05) is 80.6 Å². The number of benzene rings is 3. The van der Waals surface area contributed by atoms with Crippen molar-refractivity contribution in [2.45, 2.75) is 32.9 Å². The van der Waals surface area contributed by atoms with Crippen LogP contribution in [0.1, 0.15) is 25.8 Å². The molecule has 0 aliphatic carbocycles. The maximum Gasteiger partial charge on any atom is 0.261 e. The first kappa shape index (κ1) is 18.8. The highest BCUT2D eigenvalue weighted by Crippen LogP contribution is 2.26. The molecule has 0 fully saturated rings. The van der Waals surface area contributed by atoms with Gasteiger partial charge in [-0.25, -0.2) is 0 Å². The molecule has 0 unspecified atom stereocenters. The fourth-order valence-corrected chi connectivity index (χ4v) is 2.99. The van der Waals surface area contributed by atoms with Crippen molar-refractivity contribution in [3.63, 3.8) is 0 Å². The van der Waals surface area contributed by atoms with Crippen LogP contribution in [0.3, 0.4) is 0 Å².